The van der Waals surface area contributed by atoms with E-state index in [2.05, 4.69) is 25.9 Å². The fraction of sp³-hybridized carbons (Fsp3) is 0.400. The van der Waals surface area contributed by atoms with Gasteiger partial charge in [0.15, 0.2) is 0 Å². The van der Waals surface area contributed by atoms with Crippen LogP contribution in [0.3, 0.4) is 0 Å². The van der Waals surface area contributed by atoms with Crippen LogP contribution in [-0.2, 0) is 23.7 Å². The van der Waals surface area contributed by atoms with Gasteiger partial charge in [-0.2, -0.15) is 5.10 Å². The van der Waals surface area contributed by atoms with Crippen molar-refractivity contribution in [1.29, 1.82) is 0 Å². The molecule has 15 nitrogen and oxygen atoms in total. The van der Waals surface area contributed by atoms with Crippen molar-refractivity contribution in [2.75, 3.05) is 11.5 Å². The number of hydrogen-bond acceptors (Lipinski definition) is 11. The van der Waals surface area contributed by atoms with Crippen molar-refractivity contribution in [3.8, 4) is 0 Å². The zero-order valence-electron chi connectivity index (χ0n) is 16.5. The van der Waals surface area contributed by atoms with Crippen LogP contribution in [0.15, 0.2) is 22.6 Å². The summed E-state index contributed by atoms with van der Waals surface area (Å²) in [5.74, 6) is -2.19. The number of nitrogens with zero attached hydrogens (tertiary/aromatic N) is 8. The van der Waals surface area contributed by atoms with Crippen LogP contribution >= 0.6 is 23.5 Å². The zero-order chi connectivity index (χ0) is 23.2. The Morgan fingerprint density at radius 3 is 2.81 bits per heavy atom. The normalized spacial score (nSPS) is 20.1. The molecule has 32 heavy (non-hydrogen) atoms. The predicted molar refractivity (Wildman–Crippen MR) is 108 cm³/mol. The zero-order valence-corrected chi connectivity index (χ0v) is 18.2. The number of aliphatic carboxylic acids is 1. The Labute approximate surface area is 187 Å². The molecule has 168 valence electrons. The van der Waals surface area contributed by atoms with Crippen molar-refractivity contribution in [3.05, 3.63) is 33.3 Å². The van der Waals surface area contributed by atoms with Gasteiger partial charge in [-0.15, -0.1) is 16.9 Å². The van der Waals surface area contributed by atoms with E-state index in [-0.39, 0.29) is 11.4 Å². The maximum Gasteiger partial charge on any atom is 0.352 e. The van der Waals surface area contributed by atoms with E-state index in [1.54, 1.807) is 7.05 Å². The standard InChI is InChI=1S/C15H15N9O6S2/c1-21-3-7(24(29)30)8(18-21)11(25)16-9-12(26)23-10(14(27)28)6(4-31-13(9)23)5-32-15-17-19-20-22(15)2/h3,9,13H,4-5H2,1-2H3,(H,16,25)(H,27,28)/t9-,13+/m0/s1. The summed E-state index contributed by atoms with van der Waals surface area (Å²) in [6.45, 7) is 0. The number of aryl methyl sites for hydroxylation is 2. The quantitative estimate of drug-likeness (QED) is 0.212. The number of carboxylic acids is 1. The Bertz CT molecular complexity index is 1170. The third-order valence-corrected chi connectivity index (χ3v) is 7.15. The second-order valence-electron chi connectivity index (χ2n) is 6.79. The van der Waals surface area contributed by atoms with Crippen molar-refractivity contribution in [2.24, 2.45) is 14.1 Å². The lowest BCUT2D eigenvalue weighted by Gasteiger charge is -2.49. The van der Waals surface area contributed by atoms with Crippen molar-refractivity contribution in [3.63, 3.8) is 0 Å². The van der Waals surface area contributed by atoms with Crippen LogP contribution in [0.5, 0.6) is 0 Å². The number of hydrogen-bond donors (Lipinski definition) is 2. The Morgan fingerprint density at radius 1 is 1.44 bits per heavy atom. The van der Waals surface area contributed by atoms with Gasteiger partial charge in [0.25, 0.3) is 11.8 Å². The number of rotatable bonds is 7. The van der Waals surface area contributed by atoms with Crippen molar-refractivity contribution in [2.45, 2.75) is 16.6 Å². The highest BCUT2D eigenvalue weighted by atomic mass is 32.2. The number of aromatic nitrogens is 6. The second-order valence-corrected chi connectivity index (χ2v) is 8.83. The van der Waals surface area contributed by atoms with Crippen LogP contribution in [0.2, 0.25) is 0 Å². The van der Waals surface area contributed by atoms with E-state index in [1.165, 1.54) is 35.3 Å². The Hall–Kier alpha value is -3.47. The molecule has 2 aromatic rings. The van der Waals surface area contributed by atoms with E-state index >= 15 is 0 Å². The lowest BCUT2D eigenvalue weighted by atomic mass is 10.0. The Morgan fingerprint density at radius 2 is 2.19 bits per heavy atom. The van der Waals surface area contributed by atoms with E-state index < -0.39 is 45.5 Å². The van der Waals surface area contributed by atoms with Crippen molar-refractivity contribution >= 4 is 47.0 Å². The minimum absolute atomic E-state index is 0.143. The monoisotopic (exact) mass is 481 g/mol. The van der Waals surface area contributed by atoms with E-state index in [9.17, 15) is 29.6 Å². The first-order valence-corrected chi connectivity index (χ1v) is 11.0. The molecule has 0 aromatic carbocycles. The number of thioether (sulfide) groups is 2. The minimum Gasteiger partial charge on any atom is -0.477 e. The first-order valence-electron chi connectivity index (χ1n) is 8.93. The second kappa shape index (κ2) is 8.23. The fourth-order valence-corrected chi connectivity index (χ4v) is 5.61. The third-order valence-electron chi connectivity index (χ3n) is 4.71. The molecule has 2 aliphatic rings. The van der Waals surface area contributed by atoms with Gasteiger partial charge < -0.3 is 10.4 Å². The maximum atomic E-state index is 12.7. The summed E-state index contributed by atoms with van der Waals surface area (Å²) in [5, 5.41) is 38.0. The van der Waals surface area contributed by atoms with Gasteiger partial charge in [0, 0.05) is 25.6 Å². The molecule has 0 aliphatic carbocycles. The predicted octanol–water partition coefficient (Wildman–Crippen LogP) is -1.00. The van der Waals surface area contributed by atoms with Crippen LogP contribution in [0, 0.1) is 10.1 Å². The number of carbonyl (C=O) groups is 3. The third kappa shape index (κ3) is 3.68. The maximum absolute atomic E-state index is 12.7. The average Bonchev–Trinajstić information content (AvgIpc) is 3.34. The molecule has 4 rings (SSSR count). The summed E-state index contributed by atoms with van der Waals surface area (Å²) in [6, 6.07) is -1.03. The van der Waals surface area contributed by atoms with Gasteiger partial charge in [0.05, 0.1) is 4.92 Å². The molecule has 2 amide bonds. The SMILES string of the molecule is Cn1cc([N+](=O)[O-])c(C(=O)N[C@H]2C(=O)N3C(C(=O)O)=C(CSc4nnnn4C)CS[C@H]23)n1. The number of fused-ring (bicyclic) bond motifs is 1. The molecule has 2 aromatic heterocycles. The lowest BCUT2D eigenvalue weighted by molar-refractivity contribution is -0.385. The molecule has 0 spiro atoms. The number of tetrazole rings is 1. The first kappa shape index (κ1) is 21.8. The fourth-order valence-electron chi connectivity index (χ4n) is 3.27. The van der Waals surface area contributed by atoms with E-state index in [4.69, 9.17) is 0 Å². The van der Waals surface area contributed by atoms with E-state index in [0.29, 0.717) is 16.5 Å². The minimum atomic E-state index is -1.26. The highest BCUT2D eigenvalue weighted by Gasteiger charge is 2.54. The smallest absolute Gasteiger partial charge is 0.352 e. The highest BCUT2D eigenvalue weighted by molar-refractivity contribution is 8.01. The summed E-state index contributed by atoms with van der Waals surface area (Å²) >= 11 is 2.52. The summed E-state index contributed by atoms with van der Waals surface area (Å²) in [7, 11) is 3.08. The molecule has 0 radical (unpaired) electrons. The molecular weight excluding hydrogens is 466 g/mol. The van der Waals surface area contributed by atoms with Gasteiger partial charge in [-0.05, 0) is 16.0 Å². The number of nitro groups is 1. The lowest BCUT2D eigenvalue weighted by Crippen LogP contribution is -2.70. The molecule has 0 saturated carbocycles. The highest BCUT2D eigenvalue weighted by Crippen LogP contribution is 2.41. The Balaban J connectivity index is 1.51. The van der Waals surface area contributed by atoms with Gasteiger partial charge in [-0.25, -0.2) is 9.48 Å². The summed E-state index contributed by atoms with van der Waals surface area (Å²) in [5.41, 5.74) is -0.539. The van der Waals surface area contributed by atoms with Crippen molar-refractivity contribution < 1.29 is 24.4 Å². The number of nitrogens with one attached hydrogen (secondary N) is 1. The first-order chi connectivity index (χ1) is 15.2. The molecular formula is C15H15N9O6S2. The number of β-lactam (4-membered cyclic amide) rings is 1. The van der Waals surface area contributed by atoms with Crippen LogP contribution in [0.1, 0.15) is 10.5 Å². The largest absolute Gasteiger partial charge is 0.477 e. The summed E-state index contributed by atoms with van der Waals surface area (Å²) in [6.07, 6.45) is 1.08. The summed E-state index contributed by atoms with van der Waals surface area (Å²) < 4.78 is 2.57. The van der Waals surface area contributed by atoms with Gasteiger partial charge in [0.1, 0.15) is 23.3 Å². The van der Waals surface area contributed by atoms with E-state index in [0.717, 1.165) is 15.8 Å². The molecule has 2 N–H and O–H groups in total. The van der Waals surface area contributed by atoms with Gasteiger partial charge in [-0.1, -0.05) is 11.8 Å². The van der Waals surface area contributed by atoms with Crippen LogP contribution < -0.4 is 5.32 Å². The molecule has 2 atom stereocenters. The van der Waals surface area contributed by atoms with Gasteiger partial charge in [-0.3, -0.25) is 29.3 Å². The van der Waals surface area contributed by atoms with Crippen molar-refractivity contribution in [1.82, 2.24) is 40.2 Å². The Kier molecular flexibility index (Phi) is 5.59. The molecule has 2 aliphatic heterocycles. The average molecular weight is 481 g/mol. The topological polar surface area (TPSA) is 191 Å². The molecule has 17 heteroatoms. The van der Waals surface area contributed by atoms with Gasteiger partial charge in [0.2, 0.25) is 10.9 Å². The molecule has 1 saturated heterocycles. The molecule has 0 bridgehead atoms. The number of amides is 2. The number of carboxylic acid groups (broad SMARTS) is 1. The molecule has 4 heterocycles. The van der Waals surface area contributed by atoms with Crippen LogP contribution in [0.4, 0.5) is 5.69 Å². The van der Waals surface area contributed by atoms with Crippen LogP contribution in [0.25, 0.3) is 0 Å². The number of carbonyl (C=O) groups excluding carboxylic acids is 2. The van der Waals surface area contributed by atoms with Gasteiger partial charge >= 0.3 is 11.7 Å². The molecule has 0 unspecified atom stereocenters. The van der Waals surface area contributed by atoms with E-state index in [1.807, 2.05) is 0 Å². The summed E-state index contributed by atoms with van der Waals surface area (Å²) in [4.78, 5) is 48.7. The van der Waals surface area contributed by atoms with Crippen LogP contribution in [-0.4, -0.2) is 85.6 Å². The molecule has 1 fully saturated rings.